The normalized spacial score (nSPS) is 20.4. The second-order valence-electron chi connectivity index (χ2n) is 5.66. The van der Waals surface area contributed by atoms with Gasteiger partial charge in [-0.2, -0.15) is 0 Å². The van der Waals surface area contributed by atoms with Crippen LogP contribution in [0, 0.1) is 12.8 Å². The van der Waals surface area contributed by atoms with E-state index in [0.717, 1.165) is 25.6 Å². The third kappa shape index (κ3) is 3.45. The lowest BCUT2D eigenvalue weighted by Gasteiger charge is -2.34. The number of hydrogen-bond acceptors (Lipinski definition) is 3. The quantitative estimate of drug-likeness (QED) is 0.886. The zero-order valence-electron chi connectivity index (χ0n) is 11.8. The Morgan fingerprint density at radius 1 is 1.50 bits per heavy atom. The predicted molar refractivity (Wildman–Crippen MR) is 77.0 cm³/mol. The van der Waals surface area contributed by atoms with Crippen molar-refractivity contribution in [2.24, 2.45) is 5.92 Å². The Morgan fingerprint density at radius 3 is 3.06 bits per heavy atom. The van der Waals surface area contributed by atoms with Gasteiger partial charge < -0.3 is 10.2 Å². The summed E-state index contributed by atoms with van der Waals surface area (Å²) in [6.45, 7) is 9.99. The monoisotopic (exact) mass is 247 g/mol. The van der Waals surface area contributed by atoms with Gasteiger partial charge in [0.2, 0.25) is 0 Å². The van der Waals surface area contributed by atoms with Gasteiger partial charge >= 0.3 is 0 Å². The number of nitrogens with one attached hydrogen (secondary N) is 1. The standard InChI is InChI=1S/C15H25N3/c1-12(2)17-10-14-7-5-9-18(11-14)15-13(3)6-4-8-16-15/h4,6,8,12,14,17H,5,7,9-11H2,1-3H3. The highest BCUT2D eigenvalue weighted by molar-refractivity contribution is 5.46. The van der Waals surface area contributed by atoms with Gasteiger partial charge in [-0.1, -0.05) is 19.9 Å². The molecule has 1 aromatic rings. The molecular weight excluding hydrogens is 222 g/mol. The predicted octanol–water partition coefficient (Wildman–Crippen LogP) is 2.60. The Labute approximate surface area is 111 Å². The van der Waals surface area contributed by atoms with Crippen molar-refractivity contribution in [3.63, 3.8) is 0 Å². The molecule has 0 aromatic carbocycles. The van der Waals surface area contributed by atoms with E-state index in [2.05, 4.69) is 42.0 Å². The SMILES string of the molecule is Cc1cccnc1N1CCCC(CNC(C)C)C1. The van der Waals surface area contributed by atoms with Crippen molar-refractivity contribution in [1.29, 1.82) is 0 Å². The van der Waals surface area contributed by atoms with Crippen LogP contribution in [-0.4, -0.2) is 30.7 Å². The number of hydrogen-bond donors (Lipinski definition) is 1. The Hall–Kier alpha value is -1.09. The van der Waals surface area contributed by atoms with Gasteiger partial charge in [-0.05, 0) is 43.9 Å². The van der Waals surface area contributed by atoms with Crippen molar-refractivity contribution in [1.82, 2.24) is 10.3 Å². The smallest absolute Gasteiger partial charge is 0.131 e. The molecule has 2 heterocycles. The van der Waals surface area contributed by atoms with Crippen molar-refractivity contribution in [3.05, 3.63) is 23.9 Å². The third-order valence-electron chi connectivity index (χ3n) is 3.62. The largest absolute Gasteiger partial charge is 0.356 e. The van der Waals surface area contributed by atoms with Crippen LogP contribution in [0.4, 0.5) is 5.82 Å². The number of aryl methyl sites for hydroxylation is 1. The van der Waals surface area contributed by atoms with Crippen molar-refractivity contribution in [2.75, 3.05) is 24.5 Å². The molecule has 0 saturated carbocycles. The molecule has 3 heteroatoms. The molecule has 1 aliphatic rings. The Kier molecular flexibility index (Phi) is 4.59. The van der Waals surface area contributed by atoms with Gasteiger partial charge in [-0.15, -0.1) is 0 Å². The summed E-state index contributed by atoms with van der Waals surface area (Å²) in [4.78, 5) is 6.99. The maximum Gasteiger partial charge on any atom is 0.131 e. The zero-order valence-corrected chi connectivity index (χ0v) is 11.8. The summed E-state index contributed by atoms with van der Waals surface area (Å²) in [6.07, 6.45) is 4.51. The molecule has 0 aliphatic carbocycles. The minimum atomic E-state index is 0.581. The molecule has 100 valence electrons. The molecule has 1 aliphatic heterocycles. The highest BCUT2D eigenvalue weighted by atomic mass is 15.2. The van der Waals surface area contributed by atoms with E-state index in [1.807, 2.05) is 12.3 Å². The highest BCUT2D eigenvalue weighted by Crippen LogP contribution is 2.23. The fraction of sp³-hybridized carbons (Fsp3) is 0.667. The topological polar surface area (TPSA) is 28.2 Å². The number of pyridine rings is 1. The summed E-state index contributed by atoms with van der Waals surface area (Å²) in [5.74, 6) is 1.93. The fourth-order valence-corrected chi connectivity index (χ4v) is 2.63. The highest BCUT2D eigenvalue weighted by Gasteiger charge is 2.21. The van der Waals surface area contributed by atoms with Gasteiger partial charge in [0.05, 0.1) is 0 Å². The van der Waals surface area contributed by atoms with E-state index in [4.69, 9.17) is 0 Å². The average Bonchev–Trinajstić information content (AvgIpc) is 2.37. The van der Waals surface area contributed by atoms with E-state index in [1.54, 1.807) is 0 Å². The maximum absolute atomic E-state index is 4.54. The first-order valence-electron chi connectivity index (χ1n) is 7.06. The number of nitrogens with zero attached hydrogens (tertiary/aromatic N) is 2. The van der Waals surface area contributed by atoms with E-state index in [9.17, 15) is 0 Å². The molecule has 0 radical (unpaired) electrons. The number of anilines is 1. The molecule has 1 aromatic heterocycles. The lowest BCUT2D eigenvalue weighted by Crippen LogP contribution is -2.41. The van der Waals surface area contributed by atoms with Crippen molar-refractivity contribution in [2.45, 2.75) is 39.7 Å². The molecular formula is C15H25N3. The maximum atomic E-state index is 4.54. The van der Waals surface area contributed by atoms with Crippen molar-refractivity contribution >= 4 is 5.82 Å². The van der Waals surface area contributed by atoms with Gasteiger partial charge in [0.1, 0.15) is 5.82 Å². The minimum Gasteiger partial charge on any atom is -0.356 e. The van der Waals surface area contributed by atoms with Crippen LogP contribution in [-0.2, 0) is 0 Å². The lowest BCUT2D eigenvalue weighted by molar-refractivity contribution is 0.378. The second kappa shape index (κ2) is 6.19. The first kappa shape index (κ1) is 13.3. The van der Waals surface area contributed by atoms with Gasteiger partial charge in [0.25, 0.3) is 0 Å². The van der Waals surface area contributed by atoms with E-state index < -0.39 is 0 Å². The Bertz CT molecular complexity index is 376. The molecule has 1 saturated heterocycles. The summed E-state index contributed by atoms with van der Waals surface area (Å²) in [5.41, 5.74) is 1.29. The Morgan fingerprint density at radius 2 is 2.33 bits per heavy atom. The molecule has 2 rings (SSSR count). The van der Waals surface area contributed by atoms with Crippen LogP contribution in [0.15, 0.2) is 18.3 Å². The number of aromatic nitrogens is 1. The van der Waals surface area contributed by atoms with Crippen LogP contribution in [0.25, 0.3) is 0 Å². The Balaban J connectivity index is 1.96. The summed E-state index contributed by atoms with van der Waals surface area (Å²) in [7, 11) is 0. The van der Waals surface area contributed by atoms with Gasteiger partial charge in [-0.25, -0.2) is 4.98 Å². The molecule has 1 fully saturated rings. The van der Waals surface area contributed by atoms with Crippen LogP contribution >= 0.6 is 0 Å². The molecule has 3 nitrogen and oxygen atoms in total. The number of rotatable bonds is 4. The van der Waals surface area contributed by atoms with Crippen LogP contribution < -0.4 is 10.2 Å². The van der Waals surface area contributed by atoms with Crippen molar-refractivity contribution in [3.8, 4) is 0 Å². The summed E-state index contributed by atoms with van der Waals surface area (Å²) in [5, 5.41) is 3.55. The van der Waals surface area contributed by atoms with Gasteiger partial charge in [0.15, 0.2) is 0 Å². The first-order valence-corrected chi connectivity index (χ1v) is 7.06. The first-order chi connectivity index (χ1) is 8.66. The average molecular weight is 247 g/mol. The van der Waals surface area contributed by atoms with Crippen LogP contribution in [0.3, 0.4) is 0 Å². The number of piperidine rings is 1. The molecule has 1 unspecified atom stereocenters. The van der Waals surface area contributed by atoms with E-state index in [0.29, 0.717) is 6.04 Å². The van der Waals surface area contributed by atoms with Crippen molar-refractivity contribution < 1.29 is 0 Å². The molecule has 0 bridgehead atoms. The van der Waals surface area contributed by atoms with Gasteiger partial charge in [-0.3, -0.25) is 0 Å². The lowest BCUT2D eigenvalue weighted by atomic mass is 9.97. The molecule has 1 N–H and O–H groups in total. The third-order valence-corrected chi connectivity index (χ3v) is 3.62. The van der Waals surface area contributed by atoms with Crippen LogP contribution in [0.2, 0.25) is 0 Å². The minimum absolute atomic E-state index is 0.581. The van der Waals surface area contributed by atoms with E-state index in [1.165, 1.54) is 24.2 Å². The van der Waals surface area contributed by atoms with E-state index >= 15 is 0 Å². The van der Waals surface area contributed by atoms with Crippen LogP contribution in [0.1, 0.15) is 32.3 Å². The second-order valence-corrected chi connectivity index (χ2v) is 5.66. The molecule has 0 spiro atoms. The molecule has 1 atom stereocenters. The zero-order chi connectivity index (χ0) is 13.0. The summed E-state index contributed by atoms with van der Waals surface area (Å²) < 4.78 is 0. The summed E-state index contributed by atoms with van der Waals surface area (Å²) in [6, 6.07) is 4.75. The summed E-state index contributed by atoms with van der Waals surface area (Å²) >= 11 is 0. The fourth-order valence-electron chi connectivity index (χ4n) is 2.63. The van der Waals surface area contributed by atoms with Gasteiger partial charge in [0, 0.05) is 25.3 Å². The van der Waals surface area contributed by atoms with E-state index in [-0.39, 0.29) is 0 Å². The van der Waals surface area contributed by atoms with Crippen LogP contribution in [0.5, 0.6) is 0 Å². The molecule has 18 heavy (non-hydrogen) atoms. The molecule has 0 amide bonds.